The van der Waals surface area contributed by atoms with Gasteiger partial charge in [0.1, 0.15) is 0 Å². The third kappa shape index (κ3) is 3.78. The van der Waals surface area contributed by atoms with Gasteiger partial charge >= 0.3 is 0 Å². The van der Waals surface area contributed by atoms with Gasteiger partial charge in [0.2, 0.25) is 0 Å². The Kier molecular flexibility index (Phi) is 5.25. The number of rotatable bonds is 6. The zero-order chi connectivity index (χ0) is 13.7. The number of hydrogen-bond acceptors (Lipinski definition) is 4. The summed E-state index contributed by atoms with van der Waals surface area (Å²) in [5, 5.41) is 23.5. The molecule has 0 spiro atoms. The monoisotopic (exact) mass is 252 g/mol. The lowest BCUT2D eigenvalue weighted by molar-refractivity contribution is -0.385. The van der Waals surface area contributed by atoms with Crippen molar-refractivity contribution in [2.45, 2.75) is 39.3 Å². The minimum Gasteiger partial charge on any atom is -0.392 e. The van der Waals surface area contributed by atoms with Crippen LogP contribution >= 0.6 is 0 Å². The molecule has 0 aromatic heterocycles. The summed E-state index contributed by atoms with van der Waals surface area (Å²) in [5.41, 5.74) is 1.65. The minimum absolute atomic E-state index is 0.0227. The molecule has 0 aliphatic heterocycles. The fraction of sp³-hybridized carbons (Fsp3) is 0.538. The molecule has 1 aromatic rings. The van der Waals surface area contributed by atoms with Crippen LogP contribution in [-0.2, 0) is 0 Å². The zero-order valence-electron chi connectivity index (χ0n) is 11.0. The van der Waals surface area contributed by atoms with E-state index < -0.39 is 0 Å². The van der Waals surface area contributed by atoms with E-state index in [0.29, 0.717) is 18.5 Å². The van der Waals surface area contributed by atoms with Crippen LogP contribution in [0, 0.1) is 17.0 Å². The lowest BCUT2D eigenvalue weighted by Crippen LogP contribution is -2.28. The number of aliphatic hydroxyl groups is 1. The van der Waals surface area contributed by atoms with Crippen LogP contribution in [0.1, 0.15) is 37.4 Å². The number of nitro groups is 1. The highest BCUT2D eigenvalue weighted by Gasteiger charge is 2.14. The number of nitrogens with one attached hydrogen (secondary N) is 1. The van der Waals surface area contributed by atoms with E-state index in [2.05, 4.69) is 5.32 Å². The summed E-state index contributed by atoms with van der Waals surface area (Å²) in [6, 6.07) is 5.19. The molecule has 0 amide bonds. The third-order valence-electron chi connectivity index (χ3n) is 3.06. The Labute approximate surface area is 107 Å². The highest BCUT2D eigenvalue weighted by molar-refractivity contribution is 5.43. The molecule has 0 bridgehead atoms. The van der Waals surface area contributed by atoms with Crippen LogP contribution in [0.25, 0.3) is 0 Å². The predicted molar refractivity (Wildman–Crippen MR) is 70.5 cm³/mol. The minimum atomic E-state index is -0.382. The first kappa shape index (κ1) is 14.6. The van der Waals surface area contributed by atoms with Gasteiger partial charge in [0.15, 0.2) is 0 Å². The van der Waals surface area contributed by atoms with Gasteiger partial charge in [0, 0.05) is 24.2 Å². The molecule has 18 heavy (non-hydrogen) atoms. The second-order valence-electron chi connectivity index (χ2n) is 4.50. The zero-order valence-corrected chi connectivity index (χ0v) is 11.0. The molecule has 1 aromatic carbocycles. The first-order valence-corrected chi connectivity index (χ1v) is 6.12. The van der Waals surface area contributed by atoms with Gasteiger partial charge in [-0.3, -0.25) is 10.1 Å². The van der Waals surface area contributed by atoms with Gasteiger partial charge in [-0.05, 0) is 25.8 Å². The molecule has 0 unspecified atom stereocenters. The maximum Gasteiger partial charge on any atom is 0.272 e. The van der Waals surface area contributed by atoms with Crippen molar-refractivity contribution in [3.05, 3.63) is 39.4 Å². The molecule has 2 N–H and O–H groups in total. The van der Waals surface area contributed by atoms with Crippen molar-refractivity contribution < 1.29 is 10.0 Å². The second-order valence-corrected chi connectivity index (χ2v) is 4.50. The number of aliphatic hydroxyl groups excluding tert-OH is 1. The van der Waals surface area contributed by atoms with E-state index in [4.69, 9.17) is 0 Å². The van der Waals surface area contributed by atoms with E-state index in [-0.39, 0.29) is 22.8 Å². The van der Waals surface area contributed by atoms with E-state index >= 15 is 0 Å². The van der Waals surface area contributed by atoms with E-state index in [1.165, 1.54) is 0 Å². The van der Waals surface area contributed by atoms with Crippen molar-refractivity contribution in [1.29, 1.82) is 0 Å². The molecule has 100 valence electrons. The summed E-state index contributed by atoms with van der Waals surface area (Å²) < 4.78 is 0. The van der Waals surface area contributed by atoms with Gasteiger partial charge in [-0.2, -0.15) is 0 Å². The van der Waals surface area contributed by atoms with Crippen molar-refractivity contribution >= 4 is 5.69 Å². The third-order valence-corrected chi connectivity index (χ3v) is 3.06. The summed E-state index contributed by atoms with van der Waals surface area (Å²) in [6.07, 6.45) is 0.307. The molecule has 0 saturated heterocycles. The fourth-order valence-corrected chi connectivity index (χ4v) is 1.67. The van der Waals surface area contributed by atoms with Crippen LogP contribution < -0.4 is 5.32 Å². The Hall–Kier alpha value is -1.46. The van der Waals surface area contributed by atoms with Gasteiger partial charge in [-0.15, -0.1) is 0 Å². The van der Waals surface area contributed by atoms with E-state index in [9.17, 15) is 15.2 Å². The highest BCUT2D eigenvalue weighted by atomic mass is 16.6. The lowest BCUT2D eigenvalue weighted by Gasteiger charge is -2.16. The lowest BCUT2D eigenvalue weighted by atomic mass is 10.0. The number of benzene rings is 1. The normalized spacial score (nSPS) is 14.2. The molecule has 0 aliphatic rings. The highest BCUT2D eigenvalue weighted by Crippen LogP contribution is 2.23. The molecule has 0 heterocycles. The summed E-state index contributed by atoms with van der Waals surface area (Å²) in [4.78, 5) is 10.5. The summed E-state index contributed by atoms with van der Waals surface area (Å²) in [7, 11) is 0. The molecule has 0 radical (unpaired) electrons. The standard InChI is InChI=1S/C13H20N2O3/c1-4-12(16)8-14-10(3)11-6-5-9(2)13(7-11)15(17)18/h5-7,10,12,14,16H,4,8H2,1-3H3/t10-,12-/m0/s1. The molecule has 0 fully saturated rings. The Morgan fingerprint density at radius 1 is 1.50 bits per heavy atom. The van der Waals surface area contributed by atoms with Gasteiger partial charge in [-0.25, -0.2) is 0 Å². The molecular formula is C13H20N2O3. The number of nitro benzene ring substituents is 1. The Morgan fingerprint density at radius 2 is 2.17 bits per heavy atom. The van der Waals surface area contributed by atoms with Gasteiger partial charge in [0.05, 0.1) is 11.0 Å². The second kappa shape index (κ2) is 6.47. The van der Waals surface area contributed by atoms with Crippen LogP contribution in [0.4, 0.5) is 5.69 Å². The van der Waals surface area contributed by atoms with Crippen molar-refractivity contribution in [2.75, 3.05) is 6.54 Å². The van der Waals surface area contributed by atoms with E-state index in [1.54, 1.807) is 19.1 Å². The number of hydrogen-bond donors (Lipinski definition) is 2. The van der Waals surface area contributed by atoms with Crippen LogP contribution in [-0.4, -0.2) is 22.7 Å². The van der Waals surface area contributed by atoms with Crippen LogP contribution in [0.5, 0.6) is 0 Å². The Balaban J connectivity index is 2.77. The molecule has 2 atom stereocenters. The molecule has 5 nitrogen and oxygen atoms in total. The summed E-state index contributed by atoms with van der Waals surface area (Å²) in [5.74, 6) is 0. The summed E-state index contributed by atoms with van der Waals surface area (Å²) >= 11 is 0. The maximum atomic E-state index is 10.9. The average Bonchev–Trinajstić information content (AvgIpc) is 2.35. The first-order chi connectivity index (χ1) is 8.45. The van der Waals surface area contributed by atoms with Crippen LogP contribution in [0.15, 0.2) is 18.2 Å². The van der Waals surface area contributed by atoms with E-state index in [1.807, 2.05) is 19.9 Å². The average molecular weight is 252 g/mol. The molecule has 5 heteroatoms. The van der Waals surface area contributed by atoms with Gasteiger partial charge in [-0.1, -0.05) is 19.1 Å². The topological polar surface area (TPSA) is 75.4 Å². The first-order valence-electron chi connectivity index (χ1n) is 6.12. The largest absolute Gasteiger partial charge is 0.392 e. The molecule has 1 rings (SSSR count). The van der Waals surface area contributed by atoms with Crippen molar-refractivity contribution in [3.63, 3.8) is 0 Å². The fourth-order valence-electron chi connectivity index (χ4n) is 1.67. The quantitative estimate of drug-likeness (QED) is 0.602. The molecular weight excluding hydrogens is 232 g/mol. The maximum absolute atomic E-state index is 10.9. The number of aryl methyl sites for hydroxylation is 1. The van der Waals surface area contributed by atoms with Gasteiger partial charge < -0.3 is 10.4 Å². The number of nitrogens with zero attached hydrogens (tertiary/aromatic N) is 1. The molecule has 0 saturated carbocycles. The summed E-state index contributed by atoms with van der Waals surface area (Å²) in [6.45, 7) is 6.05. The predicted octanol–water partition coefficient (Wildman–Crippen LogP) is 2.32. The van der Waals surface area contributed by atoms with Crippen molar-refractivity contribution in [3.8, 4) is 0 Å². The SMILES string of the molecule is CC[C@H](O)CN[C@@H](C)c1ccc(C)c([N+](=O)[O-])c1. The Bertz CT molecular complexity index is 421. The Morgan fingerprint density at radius 3 is 2.72 bits per heavy atom. The van der Waals surface area contributed by atoms with Crippen molar-refractivity contribution in [1.82, 2.24) is 5.32 Å². The van der Waals surface area contributed by atoms with Gasteiger partial charge in [0.25, 0.3) is 5.69 Å². The van der Waals surface area contributed by atoms with E-state index in [0.717, 1.165) is 5.56 Å². The van der Waals surface area contributed by atoms with Crippen LogP contribution in [0.2, 0.25) is 0 Å². The van der Waals surface area contributed by atoms with Crippen molar-refractivity contribution in [2.24, 2.45) is 0 Å². The smallest absolute Gasteiger partial charge is 0.272 e. The van der Waals surface area contributed by atoms with Crippen LogP contribution in [0.3, 0.4) is 0 Å². The molecule has 0 aliphatic carbocycles.